The van der Waals surface area contributed by atoms with Crippen LogP contribution in [0, 0.1) is 5.92 Å². The lowest BCUT2D eigenvalue weighted by Crippen LogP contribution is -2.43. The van der Waals surface area contributed by atoms with Gasteiger partial charge in [-0.2, -0.15) is 0 Å². The number of rotatable bonds is 6. The molecule has 1 fully saturated rings. The molecule has 1 N–H and O–H groups in total. The zero-order chi connectivity index (χ0) is 12.0. The van der Waals surface area contributed by atoms with E-state index in [9.17, 15) is 8.78 Å². The first-order chi connectivity index (χ1) is 7.63. The maximum Gasteiger partial charge on any atom is 0.251 e. The lowest BCUT2D eigenvalue weighted by Gasteiger charge is -2.35. The maximum absolute atomic E-state index is 12.2. The summed E-state index contributed by atoms with van der Waals surface area (Å²) in [5.41, 5.74) is 0. The highest BCUT2D eigenvalue weighted by atomic mass is 19.3. The average Bonchev–Trinajstić information content (AvgIpc) is 2.26. The summed E-state index contributed by atoms with van der Waals surface area (Å²) in [5, 5.41) is 3.49. The largest absolute Gasteiger partial charge is 0.314 e. The monoisotopic (exact) mass is 234 g/mol. The molecule has 0 aliphatic carbocycles. The summed E-state index contributed by atoms with van der Waals surface area (Å²) in [6, 6.07) is 0.522. The number of alkyl halides is 2. The van der Waals surface area contributed by atoms with E-state index in [-0.39, 0.29) is 6.54 Å². The summed E-state index contributed by atoms with van der Waals surface area (Å²) in [6.45, 7) is 7.02. The first-order valence-corrected chi connectivity index (χ1v) is 6.37. The van der Waals surface area contributed by atoms with Gasteiger partial charge in [0.1, 0.15) is 0 Å². The summed E-state index contributed by atoms with van der Waals surface area (Å²) in [6.07, 6.45) is 1.05. The molecular formula is C12H24F2N2. The number of halogens is 2. The fourth-order valence-corrected chi connectivity index (χ4v) is 2.37. The zero-order valence-corrected chi connectivity index (χ0v) is 10.4. The molecule has 0 aromatic heterocycles. The standard InChI is InChI=1S/C12H24F2N2/c1-3-6-15-10(2)11-4-7-16(8-5-11)9-12(13)14/h10-12,15H,3-9H2,1-2H3. The molecular weight excluding hydrogens is 210 g/mol. The number of hydrogen-bond acceptors (Lipinski definition) is 2. The molecule has 4 heteroatoms. The summed E-state index contributed by atoms with van der Waals surface area (Å²) < 4.78 is 24.4. The van der Waals surface area contributed by atoms with E-state index in [2.05, 4.69) is 19.2 Å². The quantitative estimate of drug-likeness (QED) is 0.759. The Labute approximate surface area is 97.4 Å². The molecule has 1 atom stereocenters. The van der Waals surface area contributed by atoms with Gasteiger partial charge in [0.2, 0.25) is 0 Å². The lowest BCUT2D eigenvalue weighted by atomic mass is 9.90. The molecule has 0 bridgehead atoms. The maximum atomic E-state index is 12.2. The number of piperidine rings is 1. The molecule has 1 aliphatic heterocycles. The van der Waals surface area contributed by atoms with Gasteiger partial charge in [0.05, 0.1) is 6.54 Å². The molecule has 1 heterocycles. The van der Waals surface area contributed by atoms with Crippen molar-refractivity contribution in [2.45, 2.75) is 45.6 Å². The van der Waals surface area contributed by atoms with Crippen molar-refractivity contribution in [3.8, 4) is 0 Å². The molecule has 0 aromatic carbocycles. The molecule has 1 rings (SSSR count). The highest BCUT2D eigenvalue weighted by Gasteiger charge is 2.24. The first kappa shape index (κ1) is 13.8. The molecule has 16 heavy (non-hydrogen) atoms. The van der Waals surface area contributed by atoms with Gasteiger partial charge >= 0.3 is 0 Å². The van der Waals surface area contributed by atoms with Gasteiger partial charge in [0.15, 0.2) is 0 Å². The fourth-order valence-electron chi connectivity index (χ4n) is 2.37. The second kappa shape index (κ2) is 7.17. The van der Waals surface area contributed by atoms with Crippen LogP contribution in [0.15, 0.2) is 0 Å². The van der Waals surface area contributed by atoms with Gasteiger partial charge < -0.3 is 5.32 Å². The molecule has 0 amide bonds. The van der Waals surface area contributed by atoms with Crippen LogP contribution in [0.1, 0.15) is 33.1 Å². The van der Waals surface area contributed by atoms with E-state index in [0.717, 1.165) is 38.9 Å². The van der Waals surface area contributed by atoms with E-state index >= 15 is 0 Å². The van der Waals surface area contributed by atoms with Gasteiger partial charge in [0, 0.05) is 6.04 Å². The second-order valence-corrected chi connectivity index (χ2v) is 4.77. The number of hydrogen-bond donors (Lipinski definition) is 1. The van der Waals surface area contributed by atoms with E-state index in [1.165, 1.54) is 0 Å². The Morgan fingerprint density at radius 1 is 1.31 bits per heavy atom. The third-order valence-corrected chi connectivity index (χ3v) is 3.45. The third kappa shape index (κ3) is 4.74. The minimum absolute atomic E-state index is 0.0521. The number of nitrogens with zero attached hydrogens (tertiary/aromatic N) is 1. The van der Waals surface area contributed by atoms with Crippen molar-refractivity contribution >= 4 is 0 Å². The summed E-state index contributed by atoms with van der Waals surface area (Å²) in [4.78, 5) is 1.88. The molecule has 0 aromatic rings. The average molecular weight is 234 g/mol. The molecule has 0 saturated carbocycles. The topological polar surface area (TPSA) is 15.3 Å². The smallest absolute Gasteiger partial charge is 0.251 e. The summed E-state index contributed by atoms with van der Waals surface area (Å²) in [7, 11) is 0. The fraction of sp³-hybridized carbons (Fsp3) is 1.00. The molecule has 0 radical (unpaired) electrons. The SMILES string of the molecule is CCCNC(C)C1CCN(CC(F)F)CC1. The van der Waals surface area contributed by atoms with E-state index in [1.54, 1.807) is 0 Å². The van der Waals surface area contributed by atoms with E-state index < -0.39 is 6.43 Å². The Balaban J connectivity index is 2.20. The van der Waals surface area contributed by atoms with Crippen molar-refractivity contribution in [2.75, 3.05) is 26.2 Å². The van der Waals surface area contributed by atoms with Crippen molar-refractivity contribution in [3.63, 3.8) is 0 Å². The Hall–Kier alpha value is -0.220. The first-order valence-electron chi connectivity index (χ1n) is 6.37. The van der Waals surface area contributed by atoms with Crippen molar-refractivity contribution in [3.05, 3.63) is 0 Å². The van der Waals surface area contributed by atoms with Gasteiger partial charge in [-0.05, 0) is 51.7 Å². The van der Waals surface area contributed by atoms with Crippen LogP contribution in [0.3, 0.4) is 0 Å². The van der Waals surface area contributed by atoms with Crippen LogP contribution in [0.2, 0.25) is 0 Å². The van der Waals surface area contributed by atoms with Gasteiger partial charge in [-0.15, -0.1) is 0 Å². The van der Waals surface area contributed by atoms with Crippen molar-refractivity contribution in [1.82, 2.24) is 10.2 Å². The van der Waals surface area contributed by atoms with Crippen LogP contribution in [-0.2, 0) is 0 Å². The van der Waals surface area contributed by atoms with E-state index in [4.69, 9.17) is 0 Å². The predicted octanol–water partition coefficient (Wildman–Crippen LogP) is 2.35. The molecule has 96 valence electrons. The number of nitrogens with one attached hydrogen (secondary N) is 1. The normalized spacial score (nSPS) is 21.6. The van der Waals surface area contributed by atoms with Gasteiger partial charge in [-0.3, -0.25) is 4.90 Å². The Morgan fingerprint density at radius 2 is 1.94 bits per heavy atom. The Bertz CT molecular complexity index is 180. The van der Waals surface area contributed by atoms with Gasteiger partial charge in [0.25, 0.3) is 6.43 Å². The van der Waals surface area contributed by atoms with Crippen molar-refractivity contribution in [1.29, 1.82) is 0 Å². The predicted molar refractivity (Wildman–Crippen MR) is 62.9 cm³/mol. The van der Waals surface area contributed by atoms with Crippen molar-refractivity contribution in [2.24, 2.45) is 5.92 Å². The van der Waals surface area contributed by atoms with Crippen LogP contribution >= 0.6 is 0 Å². The molecule has 1 unspecified atom stereocenters. The highest BCUT2D eigenvalue weighted by Crippen LogP contribution is 2.21. The Morgan fingerprint density at radius 3 is 2.44 bits per heavy atom. The molecule has 0 spiro atoms. The second-order valence-electron chi connectivity index (χ2n) is 4.77. The molecule has 2 nitrogen and oxygen atoms in total. The third-order valence-electron chi connectivity index (χ3n) is 3.45. The van der Waals surface area contributed by atoms with Gasteiger partial charge in [-0.1, -0.05) is 6.92 Å². The van der Waals surface area contributed by atoms with Crippen LogP contribution < -0.4 is 5.32 Å². The van der Waals surface area contributed by atoms with Crippen LogP contribution in [-0.4, -0.2) is 43.5 Å². The van der Waals surface area contributed by atoms with Crippen LogP contribution in [0.4, 0.5) is 8.78 Å². The van der Waals surface area contributed by atoms with Crippen LogP contribution in [0.25, 0.3) is 0 Å². The van der Waals surface area contributed by atoms with Crippen LogP contribution in [0.5, 0.6) is 0 Å². The minimum atomic E-state index is -2.19. The Kier molecular flexibility index (Phi) is 6.21. The molecule has 1 aliphatic rings. The van der Waals surface area contributed by atoms with Gasteiger partial charge in [-0.25, -0.2) is 8.78 Å². The lowest BCUT2D eigenvalue weighted by molar-refractivity contribution is 0.0650. The van der Waals surface area contributed by atoms with E-state index in [1.807, 2.05) is 4.90 Å². The van der Waals surface area contributed by atoms with E-state index in [0.29, 0.717) is 12.0 Å². The summed E-state index contributed by atoms with van der Waals surface area (Å²) in [5.74, 6) is 0.653. The zero-order valence-electron chi connectivity index (χ0n) is 10.4. The minimum Gasteiger partial charge on any atom is -0.314 e. The number of likely N-dealkylation sites (tertiary alicyclic amines) is 1. The van der Waals surface area contributed by atoms with Crippen molar-refractivity contribution < 1.29 is 8.78 Å². The summed E-state index contributed by atoms with van der Waals surface area (Å²) >= 11 is 0. The molecule has 1 saturated heterocycles. The highest BCUT2D eigenvalue weighted by molar-refractivity contribution is 4.79.